The van der Waals surface area contributed by atoms with Crippen molar-refractivity contribution >= 4 is 15.9 Å². The summed E-state index contributed by atoms with van der Waals surface area (Å²) >= 11 is 0. The maximum Gasteiger partial charge on any atom is 0.254 e. The fraction of sp³-hybridized carbons (Fsp3) is 0.406. The lowest BCUT2D eigenvalue weighted by molar-refractivity contribution is 0.0680. The number of likely N-dealkylation sites (tertiary alicyclic amines) is 1. The number of nitrogens with one attached hydrogen (secondary N) is 1. The Morgan fingerprint density at radius 3 is 2.58 bits per heavy atom. The minimum Gasteiger partial charge on any atom is -0.487 e. The lowest BCUT2D eigenvalue weighted by atomic mass is 9.89. The Labute approximate surface area is 238 Å². The van der Waals surface area contributed by atoms with E-state index in [0.717, 1.165) is 31.6 Å². The molecule has 1 unspecified atom stereocenters. The van der Waals surface area contributed by atoms with Crippen LogP contribution in [0, 0.1) is 6.92 Å². The van der Waals surface area contributed by atoms with Crippen LogP contribution in [-0.2, 0) is 16.6 Å². The summed E-state index contributed by atoms with van der Waals surface area (Å²) < 4.78 is 35.8. The molecule has 5 rings (SSSR count). The van der Waals surface area contributed by atoms with Crippen molar-refractivity contribution in [1.82, 2.24) is 14.5 Å². The largest absolute Gasteiger partial charge is 0.487 e. The predicted molar refractivity (Wildman–Crippen MR) is 157 cm³/mol. The van der Waals surface area contributed by atoms with Crippen molar-refractivity contribution in [1.29, 1.82) is 0 Å². The smallest absolute Gasteiger partial charge is 0.254 e. The molecule has 0 bridgehead atoms. The van der Waals surface area contributed by atoms with Gasteiger partial charge in [0.1, 0.15) is 11.4 Å². The summed E-state index contributed by atoms with van der Waals surface area (Å²) in [5, 5.41) is 0. The highest BCUT2D eigenvalue weighted by molar-refractivity contribution is 7.89. The van der Waals surface area contributed by atoms with Gasteiger partial charge in [0.05, 0.1) is 10.9 Å². The van der Waals surface area contributed by atoms with Crippen LogP contribution in [0.4, 0.5) is 0 Å². The van der Waals surface area contributed by atoms with E-state index in [2.05, 4.69) is 33.9 Å². The number of amides is 1. The van der Waals surface area contributed by atoms with Crippen LogP contribution in [-0.4, -0.2) is 55.4 Å². The lowest BCUT2D eigenvalue weighted by Crippen LogP contribution is -2.43. The number of hydrogen-bond acceptors (Lipinski definition) is 5. The fourth-order valence-electron chi connectivity index (χ4n) is 5.92. The Balaban J connectivity index is 1.37. The van der Waals surface area contributed by atoms with Crippen LogP contribution < -0.4 is 9.46 Å². The van der Waals surface area contributed by atoms with Crippen molar-refractivity contribution in [3.05, 3.63) is 95.1 Å². The molecule has 0 radical (unpaired) electrons. The van der Waals surface area contributed by atoms with Crippen LogP contribution >= 0.6 is 0 Å². The number of ether oxygens (including phenoxy) is 1. The van der Waals surface area contributed by atoms with E-state index < -0.39 is 21.7 Å². The quantitative estimate of drug-likeness (QED) is 0.403. The predicted octanol–water partition coefficient (Wildman–Crippen LogP) is 5.31. The first kappa shape index (κ1) is 28.3. The Hall–Kier alpha value is -3.20. The maximum atomic E-state index is 13.8. The van der Waals surface area contributed by atoms with E-state index in [1.54, 1.807) is 24.3 Å². The monoisotopic (exact) mass is 561 g/mol. The van der Waals surface area contributed by atoms with Crippen LogP contribution in [0.1, 0.15) is 66.7 Å². The van der Waals surface area contributed by atoms with E-state index in [1.165, 1.54) is 5.56 Å². The summed E-state index contributed by atoms with van der Waals surface area (Å²) in [6.07, 6.45) is 1.37. The Bertz CT molecular complexity index is 1470. The van der Waals surface area contributed by atoms with E-state index in [4.69, 9.17) is 4.74 Å². The SMILES string of the molecule is CCN(C(=O)c1ccc2c(c1)[C@@H](NS(=O)(=O)c1cccc(C)c1)CC(C)(C)O2)C1CCN(Cc2ccccc2)C1. The van der Waals surface area contributed by atoms with Gasteiger partial charge in [-0.2, -0.15) is 0 Å². The van der Waals surface area contributed by atoms with Crippen molar-refractivity contribution < 1.29 is 17.9 Å². The first-order chi connectivity index (χ1) is 19.0. The van der Waals surface area contributed by atoms with Crippen LogP contribution in [0.25, 0.3) is 0 Å². The molecule has 1 fully saturated rings. The molecule has 1 N–H and O–H groups in total. The first-order valence-corrected chi connectivity index (χ1v) is 15.5. The molecule has 1 amide bonds. The molecule has 40 heavy (non-hydrogen) atoms. The van der Waals surface area contributed by atoms with Gasteiger partial charge in [0, 0.05) is 49.8 Å². The average Bonchev–Trinajstić information content (AvgIpc) is 3.36. The molecule has 2 heterocycles. The van der Waals surface area contributed by atoms with E-state index >= 15 is 0 Å². The molecule has 2 aliphatic heterocycles. The van der Waals surface area contributed by atoms with Gasteiger partial charge in [-0.15, -0.1) is 0 Å². The van der Waals surface area contributed by atoms with Gasteiger partial charge in [-0.05, 0) is 75.6 Å². The zero-order valence-electron chi connectivity index (χ0n) is 23.8. The highest BCUT2D eigenvalue weighted by atomic mass is 32.2. The van der Waals surface area contributed by atoms with E-state index in [1.807, 2.05) is 56.9 Å². The van der Waals surface area contributed by atoms with Gasteiger partial charge in [-0.25, -0.2) is 13.1 Å². The molecule has 7 nitrogen and oxygen atoms in total. The van der Waals surface area contributed by atoms with E-state index in [0.29, 0.717) is 29.8 Å². The molecular formula is C32H39N3O4S. The zero-order valence-corrected chi connectivity index (χ0v) is 24.6. The molecule has 0 saturated carbocycles. The number of aryl methyl sites for hydroxylation is 1. The molecular weight excluding hydrogens is 522 g/mol. The van der Waals surface area contributed by atoms with Gasteiger partial charge in [0.25, 0.3) is 5.91 Å². The van der Waals surface area contributed by atoms with Gasteiger partial charge in [0.15, 0.2) is 0 Å². The third-order valence-corrected chi connectivity index (χ3v) is 9.32. The number of rotatable bonds is 8. The first-order valence-electron chi connectivity index (χ1n) is 14.0. The second-order valence-corrected chi connectivity index (χ2v) is 13.3. The topological polar surface area (TPSA) is 79.0 Å². The summed E-state index contributed by atoms with van der Waals surface area (Å²) in [6.45, 7) is 11.0. The lowest BCUT2D eigenvalue weighted by Gasteiger charge is -2.38. The molecule has 0 spiro atoms. The van der Waals surface area contributed by atoms with Crippen molar-refractivity contribution in [3.63, 3.8) is 0 Å². The highest BCUT2D eigenvalue weighted by Crippen LogP contribution is 2.41. The standard InChI is InChI=1S/C32H39N3O4S/c1-5-35(26-16-17-34(22-26)21-24-11-7-6-8-12-24)31(36)25-14-15-30-28(19-25)29(20-32(3,4)39-30)33-40(37,38)27-13-9-10-23(2)18-27/h6-15,18-19,26,29,33H,5,16-17,20-22H2,1-4H3/t26?,29-/m0/s1. The molecule has 8 heteroatoms. The number of fused-ring (bicyclic) bond motifs is 1. The highest BCUT2D eigenvalue weighted by Gasteiger charge is 2.37. The van der Waals surface area contributed by atoms with Crippen LogP contribution in [0.3, 0.4) is 0 Å². The normalized spacial score (nSPS) is 20.5. The van der Waals surface area contributed by atoms with Gasteiger partial charge >= 0.3 is 0 Å². The minimum atomic E-state index is -3.78. The number of carbonyl (C=O) groups excluding carboxylic acids is 1. The molecule has 3 aromatic rings. The molecule has 2 atom stereocenters. The maximum absolute atomic E-state index is 13.8. The zero-order chi connectivity index (χ0) is 28.5. The number of hydrogen-bond donors (Lipinski definition) is 1. The molecule has 3 aromatic carbocycles. The molecule has 0 aromatic heterocycles. The van der Waals surface area contributed by atoms with Crippen LogP contribution in [0.5, 0.6) is 5.75 Å². The second kappa shape index (κ2) is 11.4. The van der Waals surface area contributed by atoms with Gasteiger partial charge in [-0.1, -0.05) is 42.5 Å². The van der Waals surface area contributed by atoms with Crippen LogP contribution in [0.15, 0.2) is 77.7 Å². The second-order valence-electron chi connectivity index (χ2n) is 11.6. The number of likely N-dealkylation sites (N-methyl/N-ethyl adjacent to an activating group) is 1. The summed E-state index contributed by atoms with van der Waals surface area (Å²) in [5.74, 6) is 0.560. The van der Waals surface area contributed by atoms with Gasteiger partial charge in [0.2, 0.25) is 10.0 Å². The van der Waals surface area contributed by atoms with Crippen molar-refractivity contribution in [3.8, 4) is 5.75 Å². The minimum absolute atomic E-state index is 0.0398. The third-order valence-electron chi connectivity index (χ3n) is 7.85. The van der Waals surface area contributed by atoms with Gasteiger partial charge < -0.3 is 9.64 Å². The average molecular weight is 562 g/mol. The number of carbonyl (C=O) groups is 1. The molecule has 0 aliphatic carbocycles. The molecule has 1 saturated heterocycles. The van der Waals surface area contributed by atoms with E-state index in [9.17, 15) is 13.2 Å². The van der Waals surface area contributed by atoms with E-state index in [-0.39, 0.29) is 16.8 Å². The summed E-state index contributed by atoms with van der Waals surface area (Å²) in [4.78, 5) is 18.4. The third kappa shape index (κ3) is 6.24. The molecule has 212 valence electrons. The molecule has 2 aliphatic rings. The summed E-state index contributed by atoms with van der Waals surface area (Å²) in [5.41, 5.74) is 2.81. The number of nitrogens with zero attached hydrogens (tertiary/aromatic N) is 2. The van der Waals surface area contributed by atoms with Crippen molar-refractivity contribution in [2.75, 3.05) is 19.6 Å². The summed E-state index contributed by atoms with van der Waals surface area (Å²) in [7, 11) is -3.78. The Kier molecular flexibility index (Phi) is 8.04. The number of benzene rings is 3. The van der Waals surface area contributed by atoms with Crippen molar-refractivity contribution in [2.45, 2.75) is 69.7 Å². The number of sulfonamides is 1. The Morgan fingerprint density at radius 2 is 1.85 bits per heavy atom. The summed E-state index contributed by atoms with van der Waals surface area (Å²) in [6, 6.07) is 22.3. The van der Waals surface area contributed by atoms with Crippen LogP contribution in [0.2, 0.25) is 0 Å². The fourth-order valence-corrected chi connectivity index (χ4v) is 7.24. The van der Waals surface area contributed by atoms with Gasteiger partial charge in [-0.3, -0.25) is 9.69 Å². The Morgan fingerprint density at radius 1 is 1.07 bits per heavy atom. The van der Waals surface area contributed by atoms with Crippen molar-refractivity contribution in [2.24, 2.45) is 0 Å².